The van der Waals surface area contributed by atoms with E-state index in [-0.39, 0.29) is 6.04 Å². The fourth-order valence-electron chi connectivity index (χ4n) is 2.00. The SMILES string of the molecule is CCC(N)C(SCc1ccccc1)c1ccc(C)s1. The summed E-state index contributed by atoms with van der Waals surface area (Å²) in [5.74, 6) is 1.02. The summed E-state index contributed by atoms with van der Waals surface area (Å²) in [5.41, 5.74) is 7.68. The fourth-order valence-corrected chi connectivity index (χ4v) is 4.53. The van der Waals surface area contributed by atoms with Gasteiger partial charge in [-0.25, -0.2) is 0 Å². The number of hydrogen-bond acceptors (Lipinski definition) is 3. The molecule has 0 aliphatic rings. The van der Waals surface area contributed by atoms with Gasteiger partial charge in [0.25, 0.3) is 0 Å². The normalized spacial score (nSPS) is 14.3. The monoisotopic (exact) mass is 291 g/mol. The Morgan fingerprint density at radius 3 is 2.47 bits per heavy atom. The van der Waals surface area contributed by atoms with Gasteiger partial charge < -0.3 is 5.73 Å². The van der Waals surface area contributed by atoms with Gasteiger partial charge in [0.05, 0.1) is 5.25 Å². The van der Waals surface area contributed by atoms with Crippen LogP contribution in [0.4, 0.5) is 0 Å². The van der Waals surface area contributed by atoms with Crippen LogP contribution in [-0.4, -0.2) is 6.04 Å². The van der Waals surface area contributed by atoms with Gasteiger partial charge in [-0.15, -0.1) is 23.1 Å². The first kappa shape index (κ1) is 14.6. The number of rotatable bonds is 6. The van der Waals surface area contributed by atoms with E-state index < -0.39 is 0 Å². The van der Waals surface area contributed by atoms with Gasteiger partial charge in [-0.1, -0.05) is 37.3 Å². The third-order valence-electron chi connectivity index (χ3n) is 3.17. The highest BCUT2D eigenvalue weighted by Gasteiger charge is 2.20. The van der Waals surface area contributed by atoms with Gasteiger partial charge in [0.15, 0.2) is 0 Å². The Bertz CT molecular complexity index is 492. The van der Waals surface area contributed by atoms with Crippen LogP contribution >= 0.6 is 23.1 Å². The van der Waals surface area contributed by atoms with Crippen molar-refractivity contribution in [2.75, 3.05) is 0 Å². The molecule has 0 amide bonds. The quantitative estimate of drug-likeness (QED) is 0.829. The summed E-state index contributed by atoms with van der Waals surface area (Å²) < 4.78 is 0. The number of aryl methyl sites for hydroxylation is 1. The van der Waals surface area contributed by atoms with Crippen LogP contribution in [-0.2, 0) is 5.75 Å². The third kappa shape index (κ3) is 4.10. The molecule has 0 saturated heterocycles. The molecule has 3 heteroatoms. The molecule has 1 heterocycles. The van der Waals surface area contributed by atoms with Crippen LogP contribution in [0.25, 0.3) is 0 Å². The van der Waals surface area contributed by atoms with Crippen molar-refractivity contribution in [2.24, 2.45) is 5.73 Å². The molecule has 1 nitrogen and oxygen atoms in total. The van der Waals surface area contributed by atoms with Gasteiger partial charge in [0.1, 0.15) is 0 Å². The van der Waals surface area contributed by atoms with Crippen molar-refractivity contribution in [3.05, 3.63) is 57.8 Å². The molecule has 0 spiro atoms. The van der Waals surface area contributed by atoms with Crippen molar-refractivity contribution in [3.63, 3.8) is 0 Å². The largest absolute Gasteiger partial charge is 0.326 e. The van der Waals surface area contributed by atoms with Crippen molar-refractivity contribution in [1.82, 2.24) is 0 Å². The molecule has 2 rings (SSSR count). The molecular weight excluding hydrogens is 270 g/mol. The van der Waals surface area contributed by atoms with Crippen LogP contribution in [0.2, 0.25) is 0 Å². The molecule has 2 unspecified atom stereocenters. The van der Waals surface area contributed by atoms with E-state index in [4.69, 9.17) is 5.73 Å². The average Bonchev–Trinajstić information content (AvgIpc) is 2.86. The van der Waals surface area contributed by atoms with E-state index in [2.05, 4.69) is 56.3 Å². The summed E-state index contributed by atoms with van der Waals surface area (Å²) in [6, 6.07) is 15.3. The molecule has 0 radical (unpaired) electrons. The van der Waals surface area contributed by atoms with E-state index in [0.29, 0.717) is 5.25 Å². The highest BCUT2D eigenvalue weighted by molar-refractivity contribution is 7.98. The molecule has 1 aromatic carbocycles. The van der Waals surface area contributed by atoms with Gasteiger partial charge in [-0.05, 0) is 31.0 Å². The van der Waals surface area contributed by atoms with Gasteiger partial charge in [-0.2, -0.15) is 0 Å². The lowest BCUT2D eigenvalue weighted by Crippen LogP contribution is -2.25. The minimum atomic E-state index is 0.228. The average molecular weight is 291 g/mol. The van der Waals surface area contributed by atoms with E-state index in [9.17, 15) is 0 Å². The van der Waals surface area contributed by atoms with Crippen LogP contribution < -0.4 is 5.73 Å². The number of hydrogen-bond donors (Lipinski definition) is 1. The van der Waals surface area contributed by atoms with E-state index in [1.54, 1.807) is 0 Å². The van der Waals surface area contributed by atoms with Crippen LogP contribution in [0, 0.1) is 6.92 Å². The van der Waals surface area contributed by atoms with E-state index in [0.717, 1.165) is 12.2 Å². The Labute approximate surface area is 124 Å². The molecule has 19 heavy (non-hydrogen) atoms. The van der Waals surface area contributed by atoms with Crippen LogP contribution in [0.1, 0.15) is 33.9 Å². The van der Waals surface area contributed by atoms with Crippen molar-refractivity contribution in [1.29, 1.82) is 0 Å². The lowest BCUT2D eigenvalue weighted by atomic mass is 10.1. The number of nitrogens with two attached hydrogens (primary N) is 1. The molecule has 0 aliphatic heterocycles. The lowest BCUT2D eigenvalue weighted by Gasteiger charge is -2.21. The number of thiophene rings is 1. The maximum atomic E-state index is 6.31. The van der Waals surface area contributed by atoms with Crippen LogP contribution in [0.5, 0.6) is 0 Å². The first-order valence-corrected chi connectivity index (χ1v) is 8.54. The predicted molar refractivity (Wildman–Crippen MR) is 87.8 cm³/mol. The summed E-state index contributed by atoms with van der Waals surface area (Å²) in [6.07, 6.45) is 1.02. The molecule has 2 atom stereocenters. The zero-order valence-electron chi connectivity index (χ0n) is 11.5. The zero-order valence-corrected chi connectivity index (χ0v) is 13.1. The maximum Gasteiger partial charge on any atom is 0.0545 e. The molecule has 2 N–H and O–H groups in total. The van der Waals surface area contributed by atoms with Crippen molar-refractivity contribution >= 4 is 23.1 Å². The van der Waals surface area contributed by atoms with Crippen LogP contribution in [0.15, 0.2) is 42.5 Å². The molecule has 0 fully saturated rings. The summed E-state index contributed by atoms with van der Waals surface area (Å²) in [5, 5.41) is 0.406. The van der Waals surface area contributed by atoms with Crippen molar-refractivity contribution in [3.8, 4) is 0 Å². The maximum absolute atomic E-state index is 6.31. The third-order valence-corrected chi connectivity index (χ3v) is 5.87. The van der Waals surface area contributed by atoms with Gasteiger partial charge in [0.2, 0.25) is 0 Å². The molecular formula is C16H21NS2. The Hall–Kier alpha value is -0.770. The standard InChI is InChI=1S/C16H21NS2/c1-3-14(17)16(15-10-9-12(2)19-15)18-11-13-7-5-4-6-8-13/h4-10,14,16H,3,11,17H2,1-2H3. The molecule has 1 aromatic heterocycles. The molecule has 0 saturated carbocycles. The Kier molecular flexibility index (Phi) is 5.49. The summed E-state index contributed by atoms with van der Waals surface area (Å²) in [7, 11) is 0. The number of thioether (sulfide) groups is 1. The van der Waals surface area contributed by atoms with Crippen molar-refractivity contribution in [2.45, 2.75) is 37.3 Å². The highest BCUT2D eigenvalue weighted by Crippen LogP contribution is 2.38. The summed E-state index contributed by atoms with van der Waals surface area (Å²) >= 11 is 3.83. The fraction of sp³-hybridized carbons (Fsp3) is 0.375. The minimum absolute atomic E-state index is 0.228. The van der Waals surface area contributed by atoms with E-state index >= 15 is 0 Å². The molecule has 0 aliphatic carbocycles. The Balaban J connectivity index is 2.06. The second kappa shape index (κ2) is 7.13. The van der Waals surface area contributed by atoms with Gasteiger partial charge >= 0.3 is 0 Å². The second-order valence-corrected chi connectivity index (χ2v) is 7.19. The van der Waals surface area contributed by atoms with Gasteiger partial charge in [0, 0.05) is 21.5 Å². The van der Waals surface area contributed by atoms with Crippen molar-refractivity contribution < 1.29 is 0 Å². The van der Waals surface area contributed by atoms with Crippen LogP contribution in [0.3, 0.4) is 0 Å². The summed E-state index contributed by atoms with van der Waals surface area (Å²) in [4.78, 5) is 2.77. The molecule has 0 bridgehead atoms. The number of benzene rings is 1. The Morgan fingerprint density at radius 2 is 1.89 bits per heavy atom. The van der Waals surface area contributed by atoms with E-state index in [1.807, 2.05) is 23.1 Å². The minimum Gasteiger partial charge on any atom is -0.326 e. The van der Waals surface area contributed by atoms with Gasteiger partial charge in [-0.3, -0.25) is 0 Å². The lowest BCUT2D eigenvalue weighted by molar-refractivity contribution is 0.640. The first-order chi connectivity index (χ1) is 9.20. The van der Waals surface area contributed by atoms with E-state index in [1.165, 1.54) is 15.3 Å². The topological polar surface area (TPSA) is 26.0 Å². The second-order valence-electron chi connectivity index (χ2n) is 4.74. The summed E-state index contributed by atoms with van der Waals surface area (Å²) in [6.45, 7) is 4.33. The smallest absolute Gasteiger partial charge is 0.0545 e. The highest BCUT2D eigenvalue weighted by atomic mass is 32.2. The first-order valence-electron chi connectivity index (χ1n) is 6.68. The zero-order chi connectivity index (χ0) is 13.7. The predicted octanol–water partition coefficient (Wildman–Crippen LogP) is 4.77. The Morgan fingerprint density at radius 1 is 1.16 bits per heavy atom. The molecule has 102 valence electrons. The molecule has 2 aromatic rings.